The number of nitrogens with one attached hydrogen (secondary N) is 1. The average molecular weight is 177 g/mol. The molecule has 0 fully saturated rings. The Bertz CT molecular complexity index is 455. The quantitative estimate of drug-likeness (QED) is 0.697. The van der Waals surface area contributed by atoms with Crippen molar-refractivity contribution < 1.29 is 4.42 Å². The topological polar surface area (TPSA) is 71.8 Å². The molecule has 0 radical (unpaired) electrons. The van der Waals surface area contributed by atoms with Gasteiger partial charge in [-0.15, -0.1) is 5.10 Å². The van der Waals surface area contributed by atoms with Gasteiger partial charge in [0, 0.05) is 11.9 Å². The maximum atomic E-state index is 10.6. The average Bonchev–Trinajstić information content (AvgIpc) is 2.53. The van der Waals surface area contributed by atoms with Crippen LogP contribution in [0.3, 0.4) is 0 Å². The monoisotopic (exact) mass is 177 g/mol. The summed E-state index contributed by atoms with van der Waals surface area (Å²) in [5, 5.41) is 5.85. The minimum Gasteiger partial charge on any atom is -0.388 e. The highest BCUT2D eigenvalue weighted by atomic mass is 16.4. The van der Waals surface area contributed by atoms with Gasteiger partial charge in [-0.1, -0.05) is 0 Å². The summed E-state index contributed by atoms with van der Waals surface area (Å²) >= 11 is 0. The van der Waals surface area contributed by atoms with E-state index < -0.39 is 5.76 Å². The SMILES string of the molecule is Cc1ccc(-c2n[nH]c(=O)o2)cn1. The van der Waals surface area contributed by atoms with Gasteiger partial charge in [-0.05, 0) is 19.1 Å². The summed E-state index contributed by atoms with van der Waals surface area (Å²) < 4.78 is 4.75. The van der Waals surface area contributed by atoms with E-state index in [4.69, 9.17) is 4.42 Å². The minimum atomic E-state index is -0.560. The van der Waals surface area contributed by atoms with E-state index in [0.29, 0.717) is 5.56 Å². The van der Waals surface area contributed by atoms with Gasteiger partial charge in [-0.25, -0.2) is 9.89 Å². The molecule has 2 aromatic rings. The predicted molar refractivity (Wildman–Crippen MR) is 45.1 cm³/mol. The highest BCUT2D eigenvalue weighted by molar-refractivity contribution is 5.50. The van der Waals surface area contributed by atoms with Crippen LogP contribution >= 0.6 is 0 Å². The second kappa shape index (κ2) is 2.85. The van der Waals surface area contributed by atoms with Crippen molar-refractivity contribution in [2.24, 2.45) is 0 Å². The van der Waals surface area contributed by atoms with E-state index in [9.17, 15) is 4.79 Å². The number of aromatic amines is 1. The molecule has 66 valence electrons. The Morgan fingerprint density at radius 2 is 2.31 bits per heavy atom. The summed E-state index contributed by atoms with van der Waals surface area (Å²) in [6.07, 6.45) is 1.61. The van der Waals surface area contributed by atoms with Gasteiger partial charge in [-0.3, -0.25) is 4.98 Å². The van der Waals surface area contributed by atoms with Gasteiger partial charge in [0.25, 0.3) is 5.89 Å². The first-order valence-corrected chi connectivity index (χ1v) is 3.74. The lowest BCUT2D eigenvalue weighted by atomic mass is 10.2. The van der Waals surface area contributed by atoms with E-state index in [1.807, 2.05) is 13.0 Å². The molecule has 0 bridgehead atoms. The van der Waals surface area contributed by atoms with Crippen molar-refractivity contribution in [3.63, 3.8) is 0 Å². The zero-order chi connectivity index (χ0) is 9.26. The van der Waals surface area contributed by atoms with E-state index >= 15 is 0 Å². The number of nitrogens with zero attached hydrogens (tertiary/aromatic N) is 2. The van der Waals surface area contributed by atoms with Crippen molar-refractivity contribution >= 4 is 0 Å². The first kappa shape index (κ1) is 7.72. The number of pyridine rings is 1. The summed E-state index contributed by atoms with van der Waals surface area (Å²) in [6, 6.07) is 3.62. The summed E-state index contributed by atoms with van der Waals surface area (Å²) in [6.45, 7) is 1.88. The Labute approximate surface area is 73.4 Å². The minimum absolute atomic E-state index is 0.262. The third-order valence-corrected chi connectivity index (χ3v) is 1.60. The van der Waals surface area contributed by atoms with Crippen LogP contribution in [-0.4, -0.2) is 15.2 Å². The highest BCUT2D eigenvalue weighted by Gasteiger charge is 2.03. The summed E-state index contributed by atoms with van der Waals surface area (Å²) in [7, 11) is 0. The highest BCUT2D eigenvalue weighted by Crippen LogP contribution is 2.12. The first-order valence-electron chi connectivity index (χ1n) is 3.74. The Hall–Kier alpha value is -1.91. The second-order valence-electron chi connectivity index (χ2n) is 2.61. The van der Waals surface area contributed by atoms with E-state index in [-0.39, 0.29) is 5.89 Å². The van der Waals surface area contributed by atoms with Crippen LogP contribution < -0.4 is 5.76 Å². The van der Waals surface area contributed by atoms with Crippen molar-refractivity contribution in [3.05, 3.63) is 34.6 Å². The molecular weight excluding hydrogens is 170 g/mol. The zero-order valence-corrected chi connectivity index (χ0v) is 6.94. The molecule has 0 aliphatic heterocycles. The van der Waals surface area contributed by atoms with Gasteiger partial charge < -0.3 is 4.42 Å². The van der Waals surface area contributed by atoms with E-state index in [1.165, 1.54) is 0 Å². The number of H-pyrrole nitrogens is 1. The van der Waals surface area contributed by atoms with Crippen LogP contribution in [0.2, 0.25) is 0 Å². The number of hydrogen-bond acceptors (Lipinski definition) is 4. The lowest BCUT2D eigenvalue weighted by Crippen LogP contribution is -1.93. The lowest BCUT2D eigenvalue weighted by Gasteiger charge is -1.93. The van der Waals surface area contributed by atoms with Crippen molar-refractivity contribution in [1.29, 1.82) is 0 Å². The molecule has 5 nitrogen and oxygen atoms in total. The molecule has 0 spiro atoms. The standard InChI is InChI=1S/C8H7N3O2/c1-5-2-3-6(4-9-5)7-10-11-8(12)13-7/h2-4H,1H3,(H,11,12). The third-order valence-electron chi connectivity index (χ3n) is 1.60. The number of aryl methyl sites for hydroxylation is 1. The Morgan fingerprint density at radius 1 is 1.46 bits per heavy atom. The largest absolute Gasteiger partial charge is 0.434 e. The smallest absolute Gasteiger partial charge is 0.388 e. The molecule has 2 aromatic heterocycles. The predicted octanol–water partition coefficient (Wildman–Crippen LogP) is 0.733. The zero-order valence-electron chi connectivity index (χ0n) is 6.94. The van der Waals surface area contributed by atoms with Crippen molar-refractivity contribution in [2.75, 3.05) is 0 Å². The molecule has 2 heterocycles. The molecule has 1 N–H and O–H groups in total. The lowest BCUT2D eigenvalue weighted by molar-refractivity contribution is 0.526. The molecule has 5 heteroatoms. The van der Waals surface area contributed by atoms with Crippen molar-refractivity contribution in [1.82, 2.24) is 15.2 Å². The fraction of sp³-hybridized carbons (Fsp3) is 0.125. The van der Waals surface area contributed by atoms with Crippen LogP contribution in [0.4, 0.5) is 0 Å². The first-order chi connectivity index (χ1) is 6.25. The number of aromatic nitrogens is 3. The molecule has 13 heavy (non-hydrogen) atoms. The normalized spacial score (nSPS) is 10.2. The van der Waals surface area contributed by atoms with Gasteiger partial charge >= 0.3 is 5.76 Å². The molecule has 0 amide bonds. The fourth-order valence-corrected chi connectivity index (χ4v) is 0.948. The molecule has 0 saturated carbocycles. The molecular formula is C8H7N3O2. The maximum absolute atomic E-state index is 10.6. The molecule has 2 rings (SSSR count). The van der Waals surface area contributed by atoms with E-state index in [0.717, 1.165) is 5.69 Å². The maximum Gasteiger partial charge on any atom is 0.434 e. The van der Waals surface area contributed by atoms with Gasteiger partial charge in [-0.2, -0.15) is 0 Å². The molecule has 0 unspecified atom stereocenters. The Morgan fingerprint density at radius 3 is 2.85 bits per heavy atom. The Kier molecular flexibility index (Phi) is 1.70. The van der Waals surface area contributed by atoms with Gasteiger partial charge in [0.15, 0.2) is 0 Å². The van der Waals surface area contributed by atoms with Gasteiger partial charge in [0.2, 0.25) is 0 Å². The molecule has 0 aromatic carbocycles. The Balaban J connectivity index is 2.47. The van der Waals surface area contributed by atoms with E-state index in [2.05, 4.69) is 15.2 Å². The van der Waals surface area contributed by atoms with Crippen LogP contribution in [0.15, 0.2) is 27.5 Å². The summed E-state index contributed by atoms with van der Waals surface area (Å²) in [5.74, 6) is -0.298. The molecule has 0 atom stereocenters. The fourth-order valence-electron chi connectivity index (χ4n) is 0.948. The van der Waals surface area contributed by atoms with E-state index in [1.54, 1.807) is 12.3 Å². The van der Waals surface area contributed by atoms with Crippen molar-refractivity contribution in [2.45, 2.75) is 6.92 Å². The number of rotatable bonds is 1. The molecule has 0 aliphatic rings. The second-order valence-corrected chi connectivity index (χ2v) is 2.61. The molecule has 0 aliphatic carbocycles. The van der Waals surface area contributed by atoms with Crippen LogP contribution in [0.1, 0.15) is 5.69 Å². The third kappa shape index (κ3) is 1.48. The van der Waals surface area contributed by atoms with Crippen LogP contribution in [0, 0.1) is 6.92 Å². The number of hydrogen-bond donors (Lipinski definition) is 1. The summed E-state index contributed by atoms with van der Waals surface area (Å²) in [5.41, 5.74) is 1.59. The van der Waals surface area contributed by atoms with Gasteiger partial charge in [0.05, 0.1) is 5.56 Å². The van der Waals surface area contributed by atoms with Crippen LogP contribution in [-0.2, 0) is 0 Å². The van der Waals surface area contributed by atoms with Crippen molar-refractivity contribution in [3.8, 4) is 11.5 Å². The van der Waals surface area contributed by atoms with Crippen LogP contribution in [0.5, 0.6) is 0 Å². The summed E-state index contributed by atoms with van der Waals surface area (Å²) in [4.78, 5) is 14.7. The van der Waals surface area contributed by atoms with Crippen LogP contribution in [0.25, 0.3) is 11.5 Å². The molecule has 0 saturated heterocycles. The van der Waals surface area contributed by atoms with Gasteiger partial charge in [0.1, 0.15) is 0 Å².